The van der Waals surface area contributed by atoms with Crippen LogP contribution in [0.5, 0.6) is 0 Å². The zero-order valence-corrected chi connectivity index (χ0v) is 17.1. The Kier molecular flexibility index (Phi) is 5.36. The number of primary amides is 1. The van der Waals surface area contributed by atoms with Crippen molar-refractivity contribution in [1.82, 2.24) is 4.90 Å². The summed E-state index contributed by atoms with van der Waals surface area (Å²) in [6, 6.07) is 5.22. The molecule has 166 valence electrons. The van der Waals surface area contributed by atoms with Gasteiger partial charge in [0.25, 0.3) is 0 Å². The van der Waals surface area contributed by atoms with E-state index in [1.165, 1.54) is 12.1 Å². The first kappa shape index (κ1) is 21.5. The number of nitrogens with two attached hydrogens (primary N) is 1. The van der Waals surface area contributed by atoms with Crippen molar-refractivity contribution in [2.75, 3.05) is 31.1 Å². The Morgan fingerprint density at radius 1 is 1.23 bits per heavy atom. The molecule has 3 aliphatic rings. The summed E-state index contributed by atoms with van der Waals surface area (Å²) in [5.41, 5.74) is 4.13. The molecule has 1 aromatic carbocycles. The van der Waals surface area contributed by atoms with Gasteiger partial charge in [0.15, 0.2) is 0 Å². The fourth-order valence-corrected chi connectivity index (χ4v) is 5.02. The van der Waals surface area contributed by atoms with Crippen LogP contribution in [-0.2, 0) is 15.8 Å². The average molecular weight is 434 g/mol. The first-order valence-corrected chi connectivity index (χ1v) is 10.6. The van der Waals surface area contributed by atoms with Crippen molar-refractivity contribution in [2.45, 2.75) is 38.3 Å². The van der Waals surface area contributed by atoms with Gasteiger partial charge in [-0.2, -0.15) is 18.4 Å². The zero-order chi connectivity index (χ0) is 22.4. The molecule has 2 saturated heterocycles. The molecule has 0 radical (unpaired) electrons. The number of anilines is 1. The summed E-state index contributed by atoms with van der Waals surface area (Å²) in [5, 5.41) is 9.02. The highest BCUT2D eigenvalue weighted by Crippen LogP contribution is 2.47. The first-order chi connectivity index (χ1) is 14.6. The van der Waals surface area contributed by atoms with Crippen LogP contribution in [0.2, 0.25) is 0 Å². The summed E-state index contributed by atoms with van der Waals surface area (Å²) in [5.74, 6) is -0.323. The second-order valence-electron chi connectivity index (χ2n) is 9.07. The van der Waals surface area contributed by atoms with E-state index in [4.69, 9.17) is 11.0 Å². The molecule has 1 atom stereocenters. The summed E-state index contributed by atoms with van der Waals surface area (Å²) >= 11 is 0. The number of benzene rings is 1. The predicted molar refractivity (Wildman–Crippen MR) is 107 cm³/mol. The number of carbonyl (C=O) groups excluding carboxylic acids is 2. The van der Waals surface area contributed by atoms with Crippen molar-refractivity contribution < 1.29 is 22.8 Å². The molecule has 1 aromatic rings. The maximum Gasteiger partial charge on any atom is 0.417 e. The Labute approximate surface area is 178 Å². The van der Waals surface area contributed by atoms with Gasteiger partial charge in [0, 0.05) is 43.7 Å². The summed E-state index contributed by atoms with van der Waals surface area (Å²) in [4.78, 5) is 28.3. The molecule has 3 fully saturated rings. The summed E-state index contributed by atoms with van der Waals surface area (Å²) in [7, 11) is 0. The number of carbonyl (C=O) groups is 2. The second kappa shape index (κ2) is 7.74. The van der Waals surface area contributed by atoms with Crippen LogP contribution in [0.15, 0.2) is 18.2 Å². The molecular formula is C22H25F3N4O2. The molecule has 2 amide bonds. The number of halogens is 3. The third kappa shape index (κ3) is 4.21. The van der Waals surface area contributed by atoms with Gasteiger partial charge in [-0.1, -0.05) is 0 Å². The Bertz CT molecular complexity index is 928. The largest absolute Gasteiger partial charge is 0.417 e. The SMILES string of the molecule is N#Cc1ccc(N2CC(C(N)=O)C3(CCN(C(=O)CC4CC4)CC3)C2)cc1C(F)(F)F. The van der Waals surface area contributed by atoms with Gasteiger partial charge < -0.3 is 15.5 Å². The Hall–Kier alpha value is -2.76. The third-order valence-electron chi connectivity index (χ3n) is 7.06. The third-order valence-corrected chi connectivity index (χ3v) is 7.06. The highest BCUT2D eigenvalue weighted by atomic mass is 19.4. The number of hydrogen-bond acceptors (Lipinski definition) is 4. The molecule has 31 heavy (non-hydrogen) atoms. The molecule has 2 heterocycles. The summed E-state index contributed by atoms with van der Waals surface area (Å²) in [6.07, 6.45) is -0.677. The van der Waals surface area contributed by atoms with Gasteiger partial charge >= 0.3 is 6.18 Å². The molecule has 1 unspecified atom stereocenters. The van der Waals surface area contributed by atoms with Gasteiger partial charge in [-0.25, -0.2) is 0 Å². The summed E-state index contributed by atoms with van der Waals surface area (Å²) in [6.45, 7) is 1.69. The molecule has 2 aliphatic heterocycles. The normalized spacial score (nSPS) is 23.1. The van der Waals surface area contributed by atoms with E-state index in [2.05, 4.69) is 0 Å². The predicted octanol–water partition coefficient (Wildman–Crippen LogP) is 2.91. The minimum absolute atomic E-state index is 0.143. The highest BCUT2D eigenvalue weighted by Gasteiger charge is 2.51. The number of piperidine rings is 1. The van der Waals surface area contributed by atoms with Gasteiger partial charge in [-0.05, 0) is 49.8 Å². The molecule has 9 heteroatoms. The van der Waals surface area contributed by atoms with Crippen molar-refractivity contribution >= 4 is 17.5 Å². The molecule has 0 bridgehead atoms. The fraction of sp³-hybridized carbons (Fsp3) is 0.591. The maximum atomic E-state index is 13.4. The zero-order valence-electron chi connectivity index (χ0n) is 17.1. The van der Waals surface area contributed by atoms with Crippen molar-refractivity contribution in [3.05, 3.63) is 29.3 Å². The van der Waals surface area contributed by atoms with Crippen LogP contribution in [0.3, 0.4) is 0 Å². The quantitative estimate of drug-likeness (QED) is 0.789. The minimum Gasteiger partial charge on any atom is -0.370 e. The van der Waals surface area contributed by atoms with E-state index in [1.54, 1.807) is 11.0 Å². The van der Waals surface area contributed by atoms with Crippen LogP contribution in [0, 0.1) is 28.6 Å². The molecule has 0 aromatic heterocycles. The standard InChI is InChI=1S/C22H25F3N4O2/c23-22(24,25)17-10-16(4-3-15(17)11-26)29-12-18(20(27)31)21(13-29)5-7-28(8-6-21)19(30)9-14-1-2-14/h3-4,10,14,18H,1-2,5-9,12-13H2,(H2,27,31). The lowest BCUT2D eigenvalue weighted by Crippen LogP contribution is -2.49. The number of hydrogen-bond donors (Lipinski definition) is 1. The minimum atomic E-state index is -4.64. The maximum absolute atomic E-state index is 13.4. The Balaban J connectivity index is 1.53. The van der Waals surface area contributed by atoms with Crippen LogP contribution >= 0.6 is 0 Å². The summed E-state index contributed by atoms with van der Waals surface area (Å²) < 4.78 is 40.2. The number of rotatable bonds is 4. The van der Waals surface area contributed by atoms with Crippen molar-refractivity contribution in [1.29, 1.82) is 5.26 Å². The van der Waals surface area contributed by atoms with Gasteiger partial charge in [-0.15, -0.1) is 0 Å². The number of likely N-dealkylation sites (tertiary alicyclic amines) is 1. The lowest BCUT2D eigenvalue weighted by Gasteiger charge is -2.41. The van der Waals surface area contributed by atoms with Crippen LogP contribution < -0.4 is 10.6 Å². The number of amides is 2. The Morgan fingerprint density at radius 2 is 1.90 bits per heavy atom. The Morgan fingerprint density at radius 3 is 2.45 bits per heavy atom. The van der Waals surface area contributed by atoms with E-state index >= 15 is 0 Å². The molecule has 4 rings (SSSR count). The van der Waals surface area contributed by atoms with E-state index < -0.39 is 34.5 Å². The van der Waals surface area contributed by atoms with E-state index in [-0.39, 0.29) is 12.5 Å². The lowest BCUT2D eigenvalue weighted by molar-refractivity contribution is -0.138. The highest BCUT2D eigenvalue weighted by molar-refractivity contribution is 5.80. The van der Waals surface area contributed by atoms with E-state index in [0.717, 1.165) is 18.9 Å². The van der Waals surface area contributed by atoms with Crippen molar-refractivity contribution in [2.24, 2.45) is 23.0 Å². The van der Waals surface area contributed by atoms with Crippen LogP contribution in [0.4, 0.5) is 18.9 Å². The smallest absolute Gasteiger partial charge is 0.370 e. The molecule has 1 spiro atoms. The monoisotopic (exact) mass is 434 g/mol. The van der Waals surface area contributed by atoms with E-state index in [0.29, 0.717) is 50.5 Å². The van der Waals surface area contributed by atoms with Crippen molar-refractivity contribution in [3.63, 3.8) is 0 Å². The molecule has 6 nitrogen and oxygen atoms in total. The average Bonchev–Trinajstić information content (AvgIpc) is 3.46. The molecule has 2 N–H and O–H groups in total. The molecular weight excluding hydrogens is 409 g/mol. The lowest BCUT2D eigenvalue weighted by atomic mass is 9.70. The van der Waals surface area contributed by atoms with Gasteiger partial charge in [0.05, 0.1) is 23.1 Å². The first-order valence-electron chi connectivity index (χ1n) is 10.6. The second-order valence-corrected chi connectivity index (χ2v) is 9.07. The van der Waals surface area contributed by atoms with Crippen LogP contribution in [0.1, 0.15) is 43.2 Å². The van der Waals surface area contributed by atoms with Gasteiger partial charge in [0.1, 0.15) is 0 Å². The molecule has 1 aliphatic carbocycles. The number of nitrogens with zero attached hydrogens (tertiary/aromatic N) is 3. The van der Waals surface area contributed by atoms with Crippen molar-refractivity contribution in [3.8, 4) is 6.07 Å². The molecule has 1 saturated carbocycles. The number of nitriles is 1. The van der Waals surface area contributed by atoms with Crippen LogP contribution in [-0.4, -0.2) is 42.9 Å². The van der Waals surface area contributed by atoms with Gasteiger partial charge in [-0.3, -0.25) is 9.59 Å². The number of alkyl halides is 3. The van der Waals surface area contributed by atoms with Gasteiger partial charge in [0.2, 0.25) is 11.8 Å². The van der Waals surface area contributed by atoms with E-state index in [1.807, 2.05) is 4.90 Å². The van der Waals surface area contributed by atoms with E-state index in [9.17, 15) is 22.8 Å². The fourth-order valence-electron chi connectivity index (χ4n) is 5.02. The topological polar surface area (TPSA) is 90.4 Å². The van der Waals surface area contributed by atoms with Crippen LogP contribution in [0.25, 0.3) is 0 Å².